The van der Waals surface area contributed by atoms with Crippen LogP contribution in [-0.2, 0) is 9.84 Å². The van der Waals surface area contributed by atoms with E-state index in [9.17, 15) is 8.42 Å². The highest BCUT2D eigenvalue weighted by Crippen LogP contribution is 2.36. The summed E-state index contributed by atoms with van der Waals surface area (Å²) in [7, 11) is -2.97. The van der Waals surface area contributed by atoms with E-state index in [-0.39, 0.29) is 18.3 Å². The Morgan fingerprint density at radius 2 is 2.44 bits per heavy atom. The lowest BCUT2D eigenvalue weighted by molar-refractivity contribution is 0.271. The monoisotopic (exact) mass is 261 g/mol. The largest absolute Gasteiger partial charge is 0.396 e. The normalized spacial score (nSPS) is 25.8. The van der Waals surface area contributed by atoms with Gasteiger partial charge >= 0.3 is 0 Å². The molecule has 2 heterocycles. The van der Waals surface area contributed by atoms with Crippen molar-refractivity contribution in [3.8, 4) is 0 Å². The van der Waals surface area contributed by atoms with Gasteiger partial charge in [0.2, 0.25) is 0 Å². The summed E-state index contributed by atoms with van der Waals surface area (Å²) in [4.78, 5) is 4.34. The van der Waals surface area contributed by atoms with Crippen LogP contribution in [0.1, 0.15) is 41.6 Å². The summed E-state index contributed by atoms with van der Waals surface area (Å²) in [6.45, 7) is 1.92. The molecule has 2 unspecified atom stereocenters. The van der Waals surface area contributed by atoms with Gasteiger partial charge in [0.05, 0.1) is 18.1 Å². The third-order valence-electron chi connectivity index (χ3n) is 2.92. The molecule has 4 nitrogen and oxygen atoms in total. The van der Waals surface area contributed by atoms with Crippen molar-refractivity contribution in [1.82, 2.24) is 4.98 Å². The molecule has 90 valence electrons. The van der Waals surface area contributed by atoms with Gasteiger partial charge in [-0.3, -0.25) is 0 Å². The average molecular weight is 261 g/mol. The van der Waals surface area contributed by atoms with Crippen molar-refractivity contribution in [2.24, 2.45) is 0 Å². The first-order valence-corrected chi connectivity index (χ1v) is 7.92. The Morgan fingerprint density at radius 1 is 1.69 bits per heavy atom. The molecule has 1 aromatic rings. The van der Waals surface area contributed by atoms with E-state index in [0.717, 1.165) is 12.1 Å². The van der Waals surface area contributed by atoms with Crippen LogP contribution in [0, 0.1) is 0 Å². The maximum atomic E-state index is 11.7. The highest BCUT2D eigenvalue weighted by molar-refractivity contribution is 7.92. The minimum atomic E-state index is -2.97. The molecule has 0 saturated carbocycles. The van der Waals surface area contributed by atoms with Gasteiger partial charge in [0.25, 0.3) is 0 Å². The van der Waals surface area contributed by atoms with Crippen molar-refractivity contribution in [3.05, 3.63) is 16.1 Å². The van der Waals surface area contributed by atoms with Crippen molar-refractivity contribution >= 4 is 21.2 Å². The molecule has 2 atom stereocenters. The highest BCUT2D eigenvalue weighted by Gasteiger charge is 2.34. The number of sulfone groups is 1. The lowest BCUT2D eigenvalue weighted by Gasteiger charge is -2.05. The second kappa shape index (κ2) is 4.43. The number of nitrogens with zero attached hydrogens (tertiary/aromatic N) is 1. The second-order valence-corrected chi connectivity index (χ2v) is 7.38. The first-order chi connectivity index (χ1) is 7.54. The summed E-state index contributed by atoms with van der Waals surface area (Å²) in [6.07, 6.45) is 1.42. The quantitative estimate of drug-likeness (QED) is 0.895. The highest BCUT2D eigenvalue weighted by atomic mass is 32.2. The Hall–Kier alpha value is -0.460. The summed E-state index contributed by atoms with van der Waals surface area (Å²) in [6, 6.07) is 0. The van der Waals surface area contributed by atoms with Crippen LogP contribution in [0.25, 0.3) is 0 Å². The van der Waals surface area contributed by atoms with Crippen LogP contribution in [0.2, 0.25) is 0 Å². The molecule has 1 aliphatic rings. The Kier molecular flexibility index (Phi) is 3.32. The number of rotatable bonds is 3. The number of thiazole rings is 1. The number of aliphatic hydroxyl groups excluding tert-OH is 1. The lowest BCUT2D eigenvalue weighted by Crippen LogP contribution is -2.08. The molecule has 1 saturated heterocycles. The van der Waals surface area contributed by atoms with Gasteiger partial charge in [-0.2, -0.15) is 0 Å². The third-order valence-corrected chi connectivity index (χ3v) is 6.23. The second-order valence-electron chi connectivity index (χ2n) is 4.19. The van der Waals surface area contributed by atoms with Gasteiger partial charge in [0.15, 0.2) is 9.84 Å². The Balaban J connectivity index is 2.25. The Morgan fingerprint density at radius 3 is 3.00 bits per heavy atom. The first kappa shape index (κ1) is 12.0. The maximum absolute atomic E-state index is 11.7. The summed E-state index contributed by atoms with van der Waals surface area (Å²) in [5.41, 5.74) is 0.796. The van der Waals surface area contributed by atoms with Crippen molar-refractivity contribution in [1.29, 1.82) is 0 Å². The minimum absolute atomic E-state index is 0.0193. The van der Waals surface area contributed by atoms with E-state index in [1.807, 2.05) is 12.3 Å². The minimum Gasteiger partial charge on any atom is -0.396 e. The SMILES string of the molecule is CC(CO)c1csc(C2CCCS2(=O)=O)n1. The molecule has 0 aliphatic carbocycles. The molecule has 1 fully saturated rings. The summed E-state index contributed by atoms with van der Waals surface area (Å²) in [5.74, 6) is 0.261. The number of hydrogen-bond acceptors (Lipinski definition) is 5. The van der Waals surface area contributed by atoms with Crippen molar-refractivity contribution in [2.45, 2.75) is 30.9 Å². The van der Waals surface area contributed by atoms with Crippen LogP contribution in [0.15, 0.2) is 5.38 Å². The van der Waals surface area contributed by atoms with E-state index in [1.54, 1.807) is 0 Å². The van der Waals surface area contributed by atoms with Crippen LogP contribution in [0.5, 0.6) is 0 Å². The van der Waals surface area contributed by atoms with Crippen LogP contribution in [0.4, 0.5) is 0 Å². The van der Waals surface area contributed by atoms with Gasteiger partial charge in [0.1, 0.15) is 10.3 Å². The molecule has 16 heavy (non-hydrogen) atoms. The molecule has 0 bridgehead atoms. The molecule has 6 heteroatoms. The summed E-state index contributed by atoms with van der Waals surface area (Å²) < 4.78 is 23.5. The zero-order valence-electron chi connectivity index (χ0n) is 9.09. The van der Waals surface area contributed by atoms with Gasteiger partial charge in [-0.05, 0) is 12.8 Å². The van der Waals surface area contributed by atoms with E-state index in [1.165, 1.54) is 11.3 Å². The zero-order valence-corrected chi connectivity index (χ0v) is 10.7. The van der Waals surface area contributed by atoms with Gasteiger partial charge in [-0.25, -0.2) is 13.4 Å². The van der Waals surface area contributed by atoms with Crippen molar-refractivity contribution in [3.63, 3.8) is 0 Å². The molecule has 1 N–H and O–H groups in total. The van der Waals surface area contributed by atoms with E-state index in [2.05, 4.69) is 4.98 Å². The van der Waals surface area contributed by atoms with Crippen molar-refractivity contribution in [2.75, 3.05) is 12.4 Å². The van der Waals surface area contributed by atoms with Gasteiger partial charge in [0, 0.05) is 11.3 Å². The fourth-order valence-corrected chi connectivity index (χ4v) is 5.14. The van der Waals surface area contributed by atoms with E-state index < -0.39 is 15.1 Å². The number of aliphatic hydroxyl groups is 1. The molecule has 0 amide bonds. The van der Waals surface area contributed by atoms with E-state index >= 15 is 0 Å². The number of aromatic nitrogens is 1. The van der Waals surface area contributed by atoms with E-state index in [4.69, 9.17) is 5.11 Å². The first-order valence-electron chi connectivity index (χ1n) is 5.32. The van der Waals surface area contributed by atoms with Crippen LogP contribution >= 0.6 is 11.3 Å². The fraction of sp³-hybridized carbons (Fsp3) is 0.700. The standard InChI is InChI=1S/C10H15NO3S2/c1-7(5-12)8-6-15-10(11-8)9-3-2-4-16(9,13)14/h6-7,9,12H,2-5H2,1H3. The predicted octanol–water partition coefficient (Wildman–Crippen LogP) is 1.49. The molecule has 0 radical (unpaired) electrons. The van der Waals surface area contributed by atoms with Crippen LogP contribution in [-0.4, -0.2) is 30.9 Å². The van der Waals surface area contributed by atoms with E-state index in [0.29, 0.717) is 11.4 Å². The van der Waals surface area contributed by atoms with Crippen LogP contribution in [0.3, 0.4) is 0 Å². The molecule has 2 rings (SSSR count). The molecular formula is C10H15NO3S2. The predicted molar refractivity (Wildman–Crippen MR) is 63.4 cm³/mol. The molecule has 1 aromatic heterocycles. The maximum Gasteiger partial charge on any atom is 0.159 e. The van der Waals surface area contributed by atoms with Gasteiger partial charge < -0.3 is 5.11 Å². The summed E-state index contributed by atoms with van der Waals surface area (Å²) in [5, 5.41) is 11.1. The topological polar surface area (TPSA) is 67.3 Å². The average Bonchev–Trinajstić information content (AvgIpc) is 2.82. The Labute approximate surface area is 99.3 Å². The van der Waals surface area contributed by atoms with Gasteiger partial charge in [-0.15, -0.1) is 11.3 Å². The zero-order chi connectivity index (χ0) is 11.8. The molecular weight excluding hydrogens is 246 g/mol. The molecule has 1 aliphatic heterocycles. The van der Waals surface area contributed by atoms with Crippen molar-refractivity contribution < 1.29 is 13.5 Å². The third kappa shape index (κ3) is 2.14. The van der Waals surface area contributed by atoms with Crippen LogP contribution < -0.4 is 0 Å². The smallest absolute Gasteiger partial charge is 0.159 e. The van der Waals surface area contributed by atoms with Gasteiger partial charge in [-0.1, -0.05) is 6.92 Å². The Bertz CT molecular complexity index is 466. The molecule has 0 aromatic carbocycles. The molecule has 0 spiro atoms. The fourth-order valence-electron chi connectivity index (χ4n) is 1.84. The number of hydrogen-bond donors (Lipinski definition) is 1. The summed E-state index contributed by atoms with van der Waals surface area (Å²) >= 11 is 1.39. The lowest BCUT2D eigenvalue weighted by atomic mass is 10.1.